The third-order valence-corrected chi connectivity index (χ3v) is 4.03. The van der Waals surface area contributed by atoms with Gasteiger partial charge in [0, 0.05) is 22.6 Å². The lowest BCUT2D eigenvalue weighted by Gasteiger charge is -2.23. The minimum Gasteiger partial charge on any atom is -0.284 e. The monoisotopic (exact) mass is 357 g/mol. The minimum absolute atomic E-state index is 0.00554. The van der Waals surface area contributed by atoms with Crippen molar-refractivity contribution in [2.45, 2.75) is 26.4 Å². The molecule has 1 aliphatic heterocycles. The maximum atomic E-state index is 12.2. The Morgan fingerprint density at radius 2 is 1.78 bits per heavy atom. The number of benzene rings is 1. The summed E-state index contributed by atoms with van der Waals surface area (Å²) in [6.07, 6.45) is 0. The second-order valence-electron chi connectivity index (χ2n) is 5.68. The minimum atomic E-state index is -0.808. The maximum Gasteiger partial charge on any atom is 0.335 e. The molecule has 23 heavy (non-hydrogen) atoms. The van der Waals surface area contributed by atoms with Gasteiger partial charge < -0.3 is 0 Å². The van der Waals surface area contributed by atoms with Gasteiger partial charge in [0.2, 0.25) is 0 Å². The van der Waals surface area contributed by atoms with E-state index in [9.17, 15) is 14.4 Å². The van der Waals surface area contributed by atoms with Crippen molar-refractivity contribution >= 4 is 41.0 Å². The molecule has 0 N–H and O–H groups in total. The number of imide groups is 2. The zero-order chi connectivity index (χ0) is 17.3. The van der Waals surface area contributed by atoms with Crippen molar-refractivity contribution in [3.05, 3.63) is 33.8 Å². The molecule has 1 heterocycles. The van der Waals surface area contributed by atoms with Gasteiger partial charge in [-0.3, -0.25) is 19.4 Å². The normalized spacial score (nSPS) is 15.5. The molecule has 0 bridgehead atoms. The molecule has 0 atom stereocenters. The van der Waals surface area contributed by atoms with Crippen LogP contribution in [0.15, 0.2) is 18.2 Å². The van der Waals surface area contributed by atoms with Crippen molar-refractivity contribution in [1.82, 2.24) is 14.7 Å². The fraction of sp³-hybridized carbons (Fsp3) is 0.400. The van der Waals surface area contributed by atoms with Crippen molar-refractivity contribution in [3.8, 4) is 0 Å². The van der Waals surface area contributed by atoms with E-state index in [0.717, 1.165) is 15.4 Å². The van der Waals surface area contributed by atoms with Crippen molar-refractivity contribution in [2.24, 2.45) is 0 Å². The number of halogens is 2. The van der Waals surface area contributed by atoms with Gasteiger partial charge in [-0.05, 0) is 38.6 Å². The molecule has 0 aromatic heterocycles. The summed E-state index contributed by atoms with van der Waals surface area (Å²) in [7, 11) is 1.73. The van der Waals surface area contributed by atoms with E-state index in [-0.39, 0.29) is 12.7 Å². The molecule has 4 amide bonds. The quantitative estimate of drug-likeness (QED) is 0.600. The Morgan fingerprint density at radius 1 is 1.13 bits per heavy atom. The molecule has 0 unspecified atom stereocenters. The molecule has 0 spiro atoms. The van der Waals surface area contributed by atoms with Gasteiger partial charge in [0.25, 0.3) is 0 Å². The van der Waals surface area contributed by atoms with E-state index in [0.29, 0.717) is 16.6 Å². The zero-order valence-electron chi connectivity index (χ0n) is 13.0. The summed E-state index contributed by atoms with van der Waals surface area (Å²) in [5.41, 5.74) is 0.810. The lowest BCUT2D eigenvalue weighted by Crippen LogP contribution is -2.41. The lowest BCUT2D eigenvalue weighted by molar-refractivity contribution is -0.144. The van der Waals surface area contributed by atoms with Crippen LogP contribution in [0.2, 0.25) is 10.0 Å². The molecular formula is C15H17Cl2N3O3. The van der Waals surface area contributed by atoms with Crippen LogP contribution in [0.1, 0.15) is 19.4 Å². The number of urea groups is 1. The van der Waals surface area contributed by atoms with Gasteiger partial charge in [0.1, 0.15) is 0 Å². The molecule has 0 aliphatic carbocycles. The molecule has 1 saturated heterocycles. The summed E-state index contributed by atoms with van der Waals surface area (Å²) in [4.78, 5) is 39.7. The van der Waals surface area contributed by atoms with Crippen LogP contribution in [0.3, 0.4) is 0 Å². The summed E-state index contributed by atoms with van der Waals surface area (Å²) in [6, 6.07) is 4.17. The van der Waals surface area contributed by atoms with Gasteiger partial charge in [-0.2, -0.15) is 0 Å². The van der Waals surface area contributed by atoms with Gasteiger partial charge in [-0.25, -0.2) is 9.69 Å². The average molecular weight is 358 g/mol. The molecule has 0 saturated carbocycles. The van der Waals surface area contributed by atoms with Gasteiger partial charge in [0.05, 0.1) is 6.67 Å². The highest BCUT2D eigenvalue weighted by molar-refractivity contribution is 6.44. The summed E-state index contributed by atoms with van der Waals surface area (Å²) in [6.45, 7) is 3.78. The molecule has 8 heteroatoms. The van der Waals surface area contributed by atoms with Crippen LogP contribution in [-0.2, 0) is 16.1 Å². The molecule has 1 fully saturated rings. The number of nitrogens with zero attached hydrogens (tertiary/aromatic N) is 3. The Bertz CT molecular complexity index is 663. The topological polar surface area (TPSA) is 60.9 Å². The number of carbonyl (C=O) groups is 3. The molecular weight excluding hydrogens is 341 g/mol. The third kappa shape index (κ3) is 3.65. The van der Waals surface area contributed by atoms with E-state index in [1.807, 2.05) is 0 Å². The second-order valence-corrected chi connectivity index (χ2v) is 6.52. The fourth-order valence-electron chi connectivity index (χ4n) is 2.33. The van der Waals surface area contributed by atoms with Crippen LogP contribution in [0.4, 0.5) is 4.79 Å². The number of rotatable bonds is 5. The molecule has 124 valence electrons. The number of hydrogen-bond donors (Lipinski definition) is 0. The molecule has 6 nitrogen and oxygen atoms in total. The fourth-order valence-corrected chi connectivity index (χ4v) is 2.80. The first-order valence-corrected chi connectivity index (χ1v) is 7.79. The SMILES string of the molecule is CC(C)N1C(=O)C(=O)N(CN(C)Cc2ccc(Cl)cc2Cl)C1=O. The van der Waals surface area contributed by atoms with Crippen molar-refractivity contribution in [3.63, 3.8) is 0 Å². The number of carbonyl (C=O) groups excluding carboxylic acids is 3. The largest absolute Gasteiger partial charge is 0.335 e. The van der Waals surface area contributed by atoms with E-state index in [4.69, 9.17) is 23.2 Å². The Morgan fingerprint density at radius 3 is 2.30 bits per heavy atom. The third-order valence-electron chi connectivity index (χ3n) is 3.44. The van der Waals surface area contributed by atoms with Crippen LogP contribution in [-0.4, -0.2) is 52.3 Å². The average Bonchev–Trinajstić information content (AvgIpc) is 2.66. The predicted molar refractivity (Wildman–Crippen MR) is 87.0 cm³/mol. The van der Waals surface area contributed by atoms with Crippen LogP contribution in [0.5, 0.6) is 0 Å². The number of amides is 4. The Labute approximate surface area is 144 Å². The first-order chi connectivity index (χ1) is 10.7. The highest BCUT2D eigenvalue weighted by Crippen LogP contribution is 2.22. The second kappa shape index (κ2) is 6.86. The highest BCUT2D eigenvalue weighted by atomic mass is 35.5. The highest BCUT2D eigenvalue weighted by Gasteiger charge is 2.45. The zero-order valence-corrected chi connectivity index (χ0v) is 14.6. The standard InChI is InChI=1S/C15H17Cl2N3O3/c1-9(2)20-14(22)13(21)19(15(20)23)8-18(3)7-10-4-5-11(16)6-12(10)17/h4-6,9H,7-8H2,1-3H3. The van der Waals surface area contributed by atoms with E-state index in [1.54, 1.807) is 44.0 Å². The molecule has 0 radical (unpaired) electrons. The van der Waals surface area contributed by atoms with Gasteiger partial charge in [-0.1, -0.05) is 29.3 Å². The van der Waals surface area contributed by atoms with Gasteiger partial charge >= 0.3 is 17.8 Å². The Kier molecular flexibility index (Phi) is 5.29. The van der Waals surface area contributed by atoms with Crippen LogP contribution in [0.25, 0.3) is 0 Å². The first-order valence-electron chi connectivity index (χ1n) is 7.04. The number of hydrogen-bond acceptors (Lipinski definition) is 4. The summed E-state index contributed by atoms with van der Waals surface area (Å²) in [5, 5.41) is 1.03. The molecule has 2 rings (SSSR count). The first kappa shape index (κ1) is 17.7. The molecule has 1 aromatic rings. The molecule has 1 aromatic carbocycles. The van der Waals surface area contributed by atoms with Crippen LogP contribution in [0, 0.1) is 0 Å². The van der Waals surface area contributed by atoms with Gasteiger partial charge in [-0.15, -0.1) is 0 Å². The summed E-state index contributed by atoms with van der Waals surface area (Å²) in [5.74, 6) is -1.60. The molecule has 1 aliphatic rings. The predicted octanol–water partition coefficient (Wildman–Crippen LogP) is 2.58. The van der Waals surface area contributed by atoms with E-state index in [2.05, 4.69) is 0 Å². The van der Waals surface area contributed by atoms with Gasteiger partial charge in [0.15, 0.2) is 0 Å². The van der Waals surface area contributed by atoms with Crippen molar-refractivity contribution < 1.29 is 14.4 Å². The van der Waals surface area contributed by atoms with Crippen molar-refractivity contribution in [1.29, 1.82) is 0 Å². The van der Waals surface area contributed by atoms with E-state index >= 15 is 0 Å². The maximum absolute atomic E-state index is 12.2. The Balaban J connectivity index is 2.08. The van der Waals surface area contributed by atoms with Crippen molar-refractivity contribution in [2.75, 3.05) is 13.7 Å². The van der Waals surface area contributed by atoms with E-state index in [1.165, 1.54) is 0 Å². The lowest BCUT2D eigenvalue weighted by atomic mass is 10.2. The Hall–Kier alpha value is -1.63. The summed E-state index contributed by atoms with van der Waals surface area (Å²) < 4.78 is 0. The van der Waals surface area contributed by atoms with Crippen LogP contribution >= 0.6 is 23.2 Å². The van der Waals surface area contributed by atoms with Crippen LogP contribution < -0.4 is 0 Å². The smallest absolute Gasteiger partial charge is 0.284 e. The summed E-state index contributed by atoms with van der Waals surface area (Å²) >= 11 is 12.0. The van der Waals surface area contributed by atoms with E-state index < -0.39 is 17.8 Å².